The van der Waals surface area contributed by atoms with Crippen molar-refractivity contribution in [2.24, 2.45) is 0 Å². The first-order valence-corrected chi connectivity index (χ1v) is 8.29. The Bertz CT molecular complexity index is 579. The number of alkyl halides is 1. The van der Waals surface area contributed by atoms with Gasteiger partial charge in [-0.05, 0) is 41.5 Å². The largest absolute Gasteiger partial charge is 0.380 e. The number of fused-ring (bicyclic) bond motifs is 3. The van der Waals surface area contributed by atoms with E-state index in [2.05, 4.69) is 48.5 Å². The van der Waals surface area contributed by atoms with Gasteiger partial charge >= 0.3 is 0 Å². The molecule has 0 saturated carbocycles. The average Bonchev–Trinajstić information content (AvgIpc) is 2.85. The van der Waals surface area contributed by atoms with Crippen LogP contribution in [-0.2, 0) is 4.74 Å². The Morgan fingerprint density at radius 2 is 1.55 bits per heavy atom. The molecule has 22 heavy (non-hydrogen) atoms. The van der Waals surface area contributed by atoms with Gasteiger partial charge in [-0.3, -0.25) is 0 Å². The lowest BCUT2D eigenvalue weighted by Crippen LogP contribution is -2.08. The van der Waals surface area contributed by atoms with Crippen molar-refractivity contribution < 1.29 is 9.84 Å². The summed E-state index contributed by atoms with van der Waals surface area (Å²) >= 11 is 5.52. The summed E-state index contributed by atoms with van der Waals surface area (Å²) < 4.78 is 5.89. The molecular weight excluding hydrogens is 296 g/mol. The zero-order chi connectivity index (χ0) is 15.4. The van der Waals surface area contributed by atoms with Crippen LogP contribution in [0.1, 0.15) is 36.3 Å². The molecule has 1 unspecified atom stereocenters. The first-order chi connectivity index (χ1) is 10.8. The fourth-order valence-electron chi connectivity index (χ4n) is 3.16. The van der Waals surface area contributed by atoms with Crippen molar-refractivity contribution in [3.63, 3.8) is 0 Å². The van der Waals surface area contributed by atoms with Gasteiger partial charge in [-0.25, -0.2) is 0 Å². The van der Waals surface area contributed by atoms with Gasteiger partial charge in [0.25, 0.3) is 0 Å². The average molecular weight is 317 g/mol. The van der Waals surface area contributed by atoms with E-state index in [-0.39, 0.29) is 0 Å². The number of hydrogen-bond acceptors (Lipinski definition) is 2. The van der Waals surface area contributed by atoms with Gasteiger partial charge in [-0.2, -0.15) is 0 Å². The SMILES string of the molecule is OC(Cl)CCCCOCC1c2ccccc2-c2ccccc21. The third-order valence-electron chi connectivity index (χ3n) is 4.23. The Hall–Kier alpha value is -1.35. The van der Waals surface area contributed by atoms with E-state index >= 15 is 0 Å². The third-order valence-corrected chi connectivity index (χ3v) is 4.45. The minimum atomic E-state index is -0.728. The van der Waals surface area contributed by atoms with Gasteiger partial charge in [-0.1, -0.05) is 60.1 Å². The standard InChI is InChI=1S/C19H21ClO2/c20-19(21)11-5-6-12-22-13-18-16-9-3-1-7-14(16)15-8-2-4-10-17(15)18/h1-4,7-10,18-19,21H,5-6,11-13H2. The van der Waals surface area contributed by atoms with Crippen LogP contribution in [0.5, 0.6) is 0 Å². The van der Waals surface area contributed by atoms with E-state index < -0.39 is 5.56 Å². The Balaban J connectivity index is 1.62. The molecule has 0 spiro atoms. The molecule has 2 aromatic rings. The Kier molecular flexibility index (Phi) is 5.14. The zero-order valence-corrected chi connectivity index (χ0v) is 13.3. The van der Waals surface area contributed by atoms with Crippen molar-refractivity contribution in [3.05, 3.63) is 59.7 Å². The van der Waals surface area contributed by atoms with E-state index in [1.165, 1.54) is 22.3 Å². The number of ether oxygens (including phenoxy) is 1. The predicted octanol–water partition coefficient (Wildman–Crippen LogP) is 4.54. The lowest BCUT2D eigenvalue weighted by Gasteiger charge is -2.14. The minimum Gasteiger partial charge on any atom is -0.380 e. The molecule has 2 nitrogen and oxygen atoms in total. The summed E-state index contributed by atoms with van der Waals surface area (Å²) in [5.41, 5.74) is 4.65. The highest BCUT2D eigenvalue weighted by Crippen LogP contribution is 2.44. The summed E-state index contributed by atoms with van der Waals surface area (Å²) in [5.74, 6) is 0.325. The highest BCUT2D eigenvalue weighted by molar-refractivity contribution is 6.19. The maximum absolute atomic E-state index is 9.02. The molecule has 3 rings (SSSR count). The van der Waals surface area contributed by atoms with Crippen molar-refractivity contribution >= 4 is 11.6 Å². The molecule has 2 aromatic carbocycles. The molecular formula is C19H21ClO2. The maximum atomic E-state index is 9.02. The number of benzene rings is 2. The topological polar surface area (TPSA) is 29.5 Å². The van der Waals surface area contributed by atoms with Gasteiger partial charge < -0.3 is 9.84 Å². The smallest absolute Gasteiger partial charge is 0.128 e. The molecule has 116 valence electrons. The van der Waals surface area contributed by atoms with Crippen molar-refractivity contribution in [1.82, 2.24) is 0 Å². The second kappa shape index (κ2) is 7.28. The summed E-state index contributed by atoms with van der Waals surface area (Å²) in [7, 11) is 0. The van der Waals surface area contributed by atoms with Crippen LogP contribution in [0.25, 0.3) is 11.1 Å². The number of aliphatic hydroxyl groups is 1. The Morgan fingerprint density at radius 1 is 0.955 bits per heavy atom. The third kappa shape index (κ3) is 3.35. The fourth-order valence-corrected chi connectivity index (χ4v) is 3.31. The molecule has 3 heteroatoms. The number of unbranched alkanes of at least 4 members (excludes halogenated alkanes) is 1. The van der Waals surface area contributed by atoms with Crippen LogP contribution < -0.4 is 0 Å². The highest BCUT2D eigenvalue weighted by Gasteiger charge is 2.27. The molecule has 0 aliphatic heterocycles. The molecule has 0 amide bonds. The van der Waals surface area contributed by atoms with Crippen LogP contribution in [0.15, 0.2) is 48.5 Å². The molecule has 1 N–H and O–H groups in total. The first-order valence-electron chi connectivity index (χ1n) is 7.85. The van der Waals surface area contributed by atoms with Crippen molar-refractivity contribution in [3.8, 4) is 11.1 Å². The van der Waals surface area contributed by atoms with Crippen molar-refractivity contribution in [1.29, 1.82) is 0 Å². The second-order valence-corrected chi connectivity index (χ2v) is 6.24. The second-order valence-electron chi connectivity index (χ2n) is 5.73. The van der Waals surface area contributed by atoms with E-state index in [1.807, 2.05) is 0 Å². The molecule has 1 aliphatic rings. The number of aliphatic hydroxyl groups excluding tert-OH is 1. The molecule has 0 fully saturated rings. The lowest BCUT2D eigenvalue weighted by molar-refractivity contribution is 0.121. The summed E-state index contributed by atoms with van der Waals surface area (Å²) in [4.78, 5) is 0. The maximum Gasteiger partial charge on any atom is 0.128 e. The lowest BCUT2D eigenvalue weighted by atomic mass is 9.98. The van der Waals surface area contributed by atoms with E-state index in [9.17, 15) is 0 Å². The van der Waals surface area contributed by atoms with Gasteiger partial charge in [0.2, 0.25) is 0 Å². The number of hydrogen-bond donors (Lipinski definition) is 1. The molecule has 0 bridgehead atoms. The Morgan fingerprint density at radius 3 is 2.14 bits per heavy atom. The van der Waals surface area contributed by atoms with Crippen molar-refractivity contribution in [2.45, 2.75) is 30.7 Å². The quantitative estimate of drug-likeness (QED) is 0.600. The van der Waals surface area contributed by atoms with Crippen LogP contribution in [-0.4, -0.2) is 23.9 Å². The monoisotopic (exact) mass is 316 g/mol. The highest BCUT2D eigenvalue weighted by atomic mass is 35.5. The number of rotatable bonds is 7. The Labute approximate surface area is 136 Å². The normalized spacial score (nSPS) is 14.6. The van der Waals surface area contributed by atoms with Crippen LogP contribution in [0.4, 0.5) is 0 Å². The van der Waals surface area contributed by atoms with E-state index in [0.29, 0.717) is 25.6 Å². The number of halogens is 1. The molecule has 0 heterocycles. The molecule has 0 saturated heterocycles. The van der Waals surface area contributed by atoms with E-state index in [1.54, 1.807) is 0 Å². The van der Waals surface area contributed by atoms with Crippen molar-refractivity contribution in [2.75, 3.05) is 13.2 Å². The van der Waals surface area contributed by atoms with Crippen LogP contribution >= 0.6 is 11.6 Å². The first kappa shape index (κ1) is 15.5. The van der Waals surface area contributed by atoms with E-state index in [4.69, 9.17) is 21.4 Å². The van der Waals surface area contributed by atoms with Crippen LogP contribution in [0.2, 0.25) is 0 Å². The van der Waals surface area contributed by atoms with Gasteiger partial charge in [0.15, 0.2) is 0 Å². The molecule has 0 radical (unpaired) electrons. The summed E-state index contributed by atoms with van der Waals surface area (Å²) in [6.07, 6.45) is 2.45. The van der Waals surface area contributed by atoms with Crippen LogP contribution in [0.3, 0.4) is 0 Å². The minimum absolute atomic E-state index is 0.325. The van der Waals surface area contributed by atoms with Gasteiger partial charge in [0.1, 0.15) is 5.56 Å². The predicted molar refractivity (Wildman–Crippen MR) is 90.3 cm³/mol. The van der Waals surface area contributed by atoms with Crippen LogP contribution in [0, 0.1) is 0 Å². The summed E-state index contributed by atoms with van der Waals surface area (Å²) in [6.45, 7) is 1.42. The van der Waals surface area contributed by atoms with Gasteiger partial charge in [0, 0.05) is 12.5 Å². The molecule has 1 atom stereocenters. The summed E-state index contributed by atoms with van der Waals surface area (Å²) in [6, 6.07) is 17.2. The van der Waals surface area contributed by atoms with Gasteiger partial charge in [-0.15, -0.1) is 0 Å². The van der Waals surface area contributed by atoms with Gasteiger partial charge in [0.05, 0.1) is 6.61 Å². The summed E-state index contributed by atoms with van der Waals surface area (Å²) in [5, 5.41) is 9.02. The zero-order valence-electron chi connectivity index (χ0n) is 12.5. The molecule has 1 aliphatic carbocycles. The van der Waals surface area contributed by atoms with E-state index in [0.717, 1.165) is 12.8 Å². The molecule has 0 aromatic heterocycles. The fraction of sp³-hybridized carbons (Fsp3) is 0.368.